The van der Waals surface area contributed by atoms with Crippen LogP contribution in [0.1, 0.15) is 87.1 Å². The number of ether oxygens (including phenoxy) is 6. The summed E-state index contributed by atoms with van der Waals surface area (Å²) in [5.41, 5.74) is -1.61. The van der Waals surface area contributed by atoms with E-state index in [1.807, 2.05) is 56.3 Å². The molecule has 14 atom stereocenters. The third-order valence-electron chi connectivity index (χ3n) is 13.6. The number of cyclic esters (lactones) is 1. The molecular formula is C49H72N6O13. The first-order chi connectivity index (χ1) is 32.2. The standard InChI is InChI=1S/C49H72N6O13/c1-12-36-49(9)40(53-46(61)68-49)30(5)37(57)28(3)27-48(8,67-45(60)52-21-14-16-33-17-19-34(20-18-33)42-50-22-15-23-51-42)41(66-44-38(58)35(54(10)11)26-29(4)63-44)31(6)39(32(7)43(59)64-36)65-47(62)55(13-2)24-25-56/h14-20,22-23,28-32,35-36,38-41,44,56,58H,12-13,21,24-27H2,1-11H3,(H,52,60)(H,53,61)/b16-14+/t28-,29-,30+,31+,32-,35+,36-,38-,39+,40-,41-,44+,48-,49-/m1/s1. The summed E-state index contributed by atoms with van der Waals surface area (Å²) in [5.74, 6) is -4.65. The van der Waals surface area contributed by atoms with Gasteiger partial charge >= 0.3 is 24.2 Å². The lowest BCUT2D eigenvalue weighted by atomic mass is 9.73. The van der Waals surface area contributed by atoms with Crippen molar-refractivity contribution in [1.29, 1.82) is 0 Å². The molecule has 3 amide bonds. The molecule has 3 aliphatic heterocycles. The van der Waals surface area contributed by atoms with Crippen LogP contribution in [-0.4, -0.2) is 160 Å². The molecule has 0 aliphatic carbocycles. The van der Waals surface area contributed by atoms with Crippen molar-refractivity contribution in [2.24, 2.45) is 23.7 Å². The first-order valence-electron chi connectivity index (χ1n) is 23.6. The van der Waals surface area contributed by atoms with Gasteiger partial charge in [-0.25, -0.2) is 24.4 Å². The summed E-state index contributed by atoms with van der Waals surface area (Å²) < 4.78 is 37.8. The third-order valence-corrected chi connectivity index (χ3v) is 13.6. The number of carbonyl (C=O) groups is 5. The molecular weight excluding hydrogens is 881 g/mol. The molecule has 4 N–H and O–H groups in total. The molecule has 4 heterocycles. The van der Waals surface area contributed by atoms with E-state index in [4.69, 9.17) is 28.4 Å². The van der Waals surface area contributed by atoms with Gasteiger partial charge in [-0.2, -0.15) is 0 Å². The molecule has 3 fully saturated rings. The topological polar surface area (TPSA) is 238 Å². The number of likely N-dealkylation sites (N-methyl/N-ethyl adjacent to an activating group) is 2. The van der Waals surface area contributed by atoms with E-state index in [0.717, 1.165) is 11.1 Å². The zero-order valence-corrected chi connectivity index (χ0v) is 41.2. The van der Waals surface area contributed by atoms with Gasteiger partial charge in [0, 0.05) is 61.4 Å². The summed E-state index contributed by atoms with van der Waals surface area (Å²) in [5, 5.41) is 27.2. The van der Waals surface area contributed by atoms with Crippen LogP contribution in [0.15, 0.2) is 48.8 Å². The van der Waals surface area contributed by atoms with Gasteiger partial charge in [-0.15, -0.1) is 0 Å². The van der Waals surface area contributed by atoms with Crippen molar-refractivity contribution in [1.82, 2.24) is 30.4 Å². The number of benzene rings is 1. The number of fused-ring (bicyclic) bond motifs is 1. The van der Waals surface area contributed by atoms with Crippen molar-refractivity contribution in [3.05, 3.63) is 54.4 Å². The zero-order chi connectivity index (χ0) is 50.1. The van der Waals surface area contributed by atoms with Crippen LogP contribution in [0.4, 0.5) is 14.4 Å². The number of Topliss-reactive ketones (excluding diaryl/α,β-unsaturated/α-hetero) is 1. The van der Waals surface area contributed by atoms with Gasteiger partial charge < -0.3 is 59.1 Å². The number of nitrogens with one attached hydrogen (secondary N) is 2. The molecule has 5 rings (SSSR count). The normalized spacial score (nSPS) is 33.7. The van der Waals surface area contributed by atoms with Crippen molar-refractivity contribution >= 4 is 36.1 Å². The average molecular weight is 953 g/mol. The number of nitrogens with zero attached hydrogens (tertiary/aromatic N) is 4. The van der Waals surface area contributed by atoms with Crippen LogP contribution < -0.4 is 10.6 Å². The van der Waals surface area contributed by atoms with Crippen molar-refractivity contribution in [3.63, 3.8) is 0 Å². The maximum Gasteiger partial charge on any atom is 0.410 e. The molecule has 0 radical (unpaired) electrons. The number of ketones is 1. The number of aromatic nitrogens is 2. The van der Waals surface area contributed by atoms with Gasteiger partial charge in [-0.05, 0) is 79.6 Å². The molecule has 376 valence electrons. The van der Waals surface area contributed by atoms with Gasteiger partial charge in [-0.3, -0.25) is 9.59 Å². The van der Waals surface area contributed by atoms with E-state index in [1.54, 1.807) is 73.0 Å². The molecule has 1 aromatic carbocycles. The fraction of sp³-hybridized carbons (Fsp3) is 0.653. The molecule has 0 bridgehead atoms. The first kappa shape index (κ1) is 53.7. The van der Waals surface area contributed by atoms with Crippen molar-refractivity contribution in [2.45, 2.75) is 142 Å². The first-order valence-corrected chi connectivity index (χ1v) is 23.6. The monoisotopic (exact) mass is 953 g/mol. The van der Waals surface area contributed by atoms with Gasteiger partial charge in [0.05, 0.1) is 24.7 Å². The minimum Gasteiger partial charge on any atom is -0.458 e. The van der Waals surface area contributed by atoms with E-state index in [-0.39, 0.29) is 44.9 Å². The van der Waals surface area contributed by atoms with Crippen LogP contribution in [0, 0.1) is 23.7 Å². The van der Waals surface area contributed by atoms with Crippen LogP contribution in [-0.2, 0) is 38.0 Å². The Bertz CT molecular complexity index is 2060. The summed E-state index contributed by atoms with van der Waals surface area (Å²) in [6, 6.07) is 7.92. The number of alkyl carbamates (subject to hydrolysis) is 2. The molecule has 2 aromatic rings. The summed E-state index contributed by atoms with van der Waals surface area (Å²) in [6.07, 6.45) is -1.91. The molecule has 3 saturated heterocycles. The minimum absolute atomic E-state index is 0.0247. The molecule has 3 aliphatic rings. The number of rotatable bonds is 13. The van der Waals surface area contributed by atoms with E-state index >= 15 is 0 Å². The quantitative estimate of drug-likeness (QED) is 0.153. The third kappa shape index (κ3) is 12.5. The van der Waals surface area contributed by atoms with Gasteiger partial charge in [0.1, 0.15) is 35.8 Å². The Balaban J connectivity index is 1.59. The van der Waals surface area contributed by atoms with Gasteiger partial charge in [0.15, 0.2) is 17.7 Å². The lowest BCUT2D eigenvalue weighted by molar-refractivity contribution is -0.298. The van der Waals surface area contributed by atoms with Crippen molar-refractivity contribution in [2.75, 3.05) is 40.3 Å². The number of hydrogen-bond acceptors (Lipinski definition) is 16. The predicted molar refractivity (Wildman–Crippen MR) is 250 cm³/mol. The van der Waals surface area contributed by atoms with Crippen LogP contribution in [0.2, 0.25) is 0 Å². The van der Waals surface area contributed by atoms with E-state index in [0.29, 0.717) is 12.2 Å². The Labute approximate surface area is 399 Å². The van der Waals surface area contributed by atoms with Gasteiger partial charge in [0.2, 0.25) is 0 Å². The lowest BCUT2D eigenvalue weighted by Gasteiger charge is -2.48. The second-order valence-electron chi connectivity index (χ2n) is 18.9. The van der Waals surface area contributed by atoms with Crippen LogP contribution in [0.3, 0.4) is 0 Å². The molecule has 0 saturated carbocycles. The van der Waals surface area contributed by atoms with E-state index in [1.165, 1.54) is 11.8 Å². The Morgan fingerprint density at radius 1 is 1.01 bits per heavy atom. The van der Waals surface area contributed by atoms with Crippen LogP contribution in [0.25, 0.3) is 17.5 Å². The molecule has 19 heteroatoms. The summed E-state index contributed by atoms with van der Waals surface area (Å²) in [6.45, 7) is 14.8. The van der Waals surface area contributed by atoms with E-state index in [9.17, 15) is 34.2 Å². The summed E-state index contributed by atoms with van der Waals surface area (Å²) in [7, 11) is 3.65. The molecule has 0 spiro atoms. The van der Waals surface area contributed by atoms with Crippen molar-refractivity contribution < 1.29 is 62.6 Å². The number of hydrogen-bond donors (Lipinski definition) is 4. The summed E-state index contributed by atoms with van der Waals surface area (Å²) in [4.78, 5) is 82.1. The van der Waals surface area contributed by atoms with Crippen LogP contribution >= 0.6 is 0 Å². The molecule has 19 nitrogen and oxygen atoms in total. The Hall–Kier alpha value is -5.21. The highest BCUT2D eigenvalue weighted by Crippen LogP contribution is 2.42. The molecule has 0 unspecified atom stereocenters. The average Bonchev–Trinajstić information content (AvgIpc) is 3.63. The van der Waals surface area contributed by atoms with E-state index < -0.39 is 108 Å². The molecule has 68 heavy (non-hydrogen) atoms. The number of carbonyl (C=O) groups excluding carboxylic acids is 5. The zero-order valence-electron chi connectivity index (χ0n) is 41.2. The van der Waals surface area contributed by atoms with Gasteiger partial charge in [-0.1, -0.05) is 64.1 Å². The lowest BCUT2D eigenvalue weighted by Crippen LogP contribution is -2.61. The van der Waals surface area contributed by atoms with Gasteiger partial charge in [0.25, 0.3) is 0 Å². The fourth-order valence-electron chi connectivity index (χ4n) is 9.90. The Morgan fingerprint density at radius 3 is 2.31 bits per heavy atom. The maximum atomic E-state index is 14.7. The number of aliphatic hydroxyl groups excluding tert-OH is 2. The number of aliphatic hydroxyl groups is 2. The SMILES string of the molecule is CC[C@H]1OC(=O)[C@H](C)[C@@H](OC(=O)N(CC)CCO)[C@H](C)[C@@H](O[C@@H]2O[C@H](C)C[C@H](N(C)C)[C@H]2O)[C@](C)(OC(=O)NC/C=C/c2ccc(-c3ncccn3)cc2)C[C@@H](C)C(=O)[C@H](C)[C@H]2NC(=O)O[C@@]21C. The van der Waals surface area contributed by atoms with E-state index in [2.05, 4.69) is 20.6 Å². The highest BCUT2D eigenvalue weighted by Gasteiger charge is 2.58. The highest BCUT2D eigenvalue weighted by atomic mass is 16.7. The number of amides is 3. The second kappa shape index (κ2) is 23.4. The highest BCUT2D eigenvalue weighted by molar-refractivity contribution is 5.85. The second-order valence-corrected chi connectivity index (χ2v) is 18.9. The van der Waals surface area contributed by atoms with Crippen LogP contribution in [0.5, 0.6) is 0 Å². The molecule has 1 aromatic heterocycles. The minimum atomic E-state index is -1.80. The Morgan fingerprint density at radius 2 is 1.69 bits per heavy atom. The van der Waals surface area contributed by atoms with Crippen molar-refractivity contribution in [3.8, 4) is 11.4 Å². The predicted octanol–water partition coefficient (Wildman–Crippen LogP) is 4.98. The smallest absolute Gasteiger partial charge is 0.410 e. The summed E-state index contributed by atoms with van der Waals surface area (Å²) >= 11 is 0. The Kier molecular flexibility index (Phi) is 18.5. The number of esters is 1. The maximum absolute atomic E-state index is 14.7. The largest absolute Gasteiger partial charge is 0.458 e. The fourth-order valence-corrected chi connectivity index (χ4v) is 9.90.